The van der Waals surface area contributed by atoms with Crippen molar-refractivity contribution in [3.63, 3.8) is 0 Å². The van der Waals surface area contributed by atoms with Crippen LogP contribution in [0.5, 0.6) is 11.5 Å². The average Bonchev–Trinajstić information content (AvgIpc) is 3.86. The molecule has 0 atom stereocenters. The van der Waals surface area contributed by atoms with Crippen LogP contribution in [0.2, 0.25) is 15.1 Å². The molecule has 1 amide bonds. The topological polar surface area (TPSA) is 88.1 Å². The van der Waals surface area contributed by atoms with Crippen molar-refractivity contribution in [3.8, 4) is 11.5 Å². The van der Waals surface area contributed by atoms with Gasteiger partial charge in [0.15, 0.2) is 0 Å². The molecule has 0 spiro atoms. The average molecular weight is 686 g/mol. The van der Waals surface area contributed by atoms with Crippen molar-refractivity contribution in [1.82, 2.24) is 10.2 Å². The maximum absolute atomic E-state index is 13.9. The molecule has 13 heteroatoms. The van der Waals surface area contributed by atoms with Crippen molar-refractivity contribution in [2.45, 2.75) is 38.0 Å². The van der Waals surface area contributed by atoms with Gasteiger partial charge in [0.05, 0.1) is 20.6 Å². The first kappa shape index (κ1) is 34.4. The molecule has 1 aliphatic carbocycles. The molecule has 0 aromatic heterocycles. The highest BCUT2D eigenvalue weighted by Gasteiger charge is 2.36. The lowest BCUT2D eigenvalue weighted by molar-refractivity contribution is -0.137. The molecule has 3 aromatic carbocycles. The summed E-state index contributed by atoms with van der Waals surface area (Å²) in [5.41, 5.74) is 2.66. The number of benzene rings is 3. The lowest BCUT2D eigenvalue weighted by Gasteiger charge is -2.28. The molecule has 0 bridgehead atoms. The smallest absolute Gasteiger partial charge is 0.416 e. The molecule has 1 aliphatic heterocycles. The first-order chi connectivity index (χ1) is 21.5. The van der Waals surface area contributed by atoms with Gasteiger partial charge in [0.2, 0.25) is 0 Å². The number of amides is 1. The number of carbonyl (C=O) groups excluding carboxylic acids is 1. The highest BCUT2D eigenvalue weighted by Crippen LogP contribution is 2.36. The molecule has 0 radical (unpaired) electrons. The van der Waals surface area contributed by atoms with E-state index in [4.69, 9.17) is 54.2 Å². The Bertz CT molecular complexity index is 1530. The second-order valence-electron chi connectivity index (χ2n) is 10.2. The summed E-state index contributed by atoms with van der Waals surface area (Å²) in [4.78, 5) is 24.1. The van der Waals surface area contributed by atoms with E-state index in [-0.39, 0.29) is 42.4 Å². The summed E-state index contributed by atoms with van der Waals surface area (Å²) in [6.45, 7) is 1.64. The Hall–Kier alpha value is -3.44. The highest BCUT2D eigenvalue weighted by molar-refractivity contribution is 6.42. The minimum atomic E-state index is -4.47. The molecule has 0 saturated heterocycles. The van der Waals surface area contributed by atoms with Gasteiger partial charge in [-0.15, -0.1) is 0 Å². The molecule has 5 rings (SSSR count). The molecule has 7 nitrogen and oxygen atoms in total. The van der Waals surface area contributed by atoms with Gasteiger partial charge in [-0.05, 0) is 78.9 Å². The number of ether oxygens (including phenoxy) is 2. The monoisotopic (exact) mass is 684 g/mol. The number of hydrogen-bond acceptors (Lipinski definition) is 5. The van der Waals surface area contributed by atoms with Crippen LogP contribution in [0.1, 0.15) is 36.0 Å². The number of halogens is 6. The van der Waals surface area contributed by atoms with E-state index >= 15 is 0 Å². The van der Waals surface area contributed by atoms with E-state index in [2.05, 4.69) is 5.32 Å². The van der Waals surface area contributed by atoms with Crippen LogP contribution in [-0.4, -0.2) is 54.7 Å². The lowest BCUT2D eigenvalue weighted by Crippen LogP contribution is -2.39. The third-order valence-corrected chi connectivity index (χ3v) is 8.32. The molecule has 1 fully saturated rings. The summed E-state index contributed by atoms with van der Waals surface area (Å²) < 4.78 is 49.7. The Morgan fingerprint density at radius 3 is 2.33 bits per heavy atom. The van der Waals surface area contributed by atoms with Crippen LogP contribution in [0, 0.1) is 0 Å². The number of carbonyl (C=O) groups is 2. The van der Waals surface area contributed by atoms with E-state index < -0.39 is 11.7 Å². The Morgan fingerprint density at radius 1 is 1.00 bits per heavy atom. The van der Waals surface area contributed by atoms with Gasteiger partial charge >= 0.3 is 6.18 Å². The van der Waals surface area contributed by atoms with Gasteiger partial charge in [0.25, 0.3) is 12.4 Å². The largest absolute Gasteiger partial charge is 0.490 e. The standard InChI is InChI=1S/C31H28Cl3F3N2O3.CH2O2/c32-26-3-1-2-20(29(26)34)18-39(22-7-8-22)30(40)25-17-38-13-12-24(25)19-4-9-23(10-5-19)41-14-15-42-28-11-6-21(16-27(28)33)31(35,36)37;2-1-3/h1-6,9-11,16,22,38H,7-8,12-15,17-18H2;1H,(H,2,3). The lowest BCUT2D eigenvalue weighted by atomic mass is 9.93. The molecule has 2 N–H and O–H groups in total. The number of hydrogen-bond donors (Lipinski definition) is 2. The van der Waals surface area contributed by atoms with Crippen molar-refractivity contribution in [2.75, 3.05) is 26.3 Å². The van der Waals surface area contributed by atoms with Crippen LogP contribution in [0.25, 0.3) is 5.57 Å². The maximum atomic E-state index is 13.9. The second kappa shape index (κ2) is 15.7. The van der Waals surface area contributed by atoms with Gasteiger partial charge in [0, 0.05) is 24.7 Å². The Morgan fingerprint density at radius 2 is 1.69 bits per heavy atom. The Kier molecular flexibility index (Phi) is 12.0. The fraction of sp³-hybridized carbons (Fsp3) is 0.312. The zero-order valence-electron chi connectivity index (χ0n) is 23.9. The molecule has 3 aromatic rings. The SMILES string of the molecule is O=C(C1=C(c2ccc(OCCOc3ccc(C(F)(F)F)cc3Cl)cc2)CCNC1)N(Cc1cccc(Cl)c1Cl)C1CC1.O=CO. The van der Waals surface area contributed by atoms with Crippen LogP contribution in [0.15, 0.2) is 66.2 Å². The summed E-state index contributed by atoms with van der Waals surface area (Å²) in [7, 11) is 0. The van der Waals surface area contributed by atoms with Gasteiger partial charge in [0.1, 0.15) is 24.7 Å². The molecule has 1 heterocycles. The summed E-state index contributed by atoms with van der Waals surface area (Å²) >= 11 is 18.6. The predicted octanol–water partition coefficient (Wildman–Crippen LogP) is 7.76. The number of rotatable bonds is 10. The molecule has 0 unspecified atom stereocenters. The molecule has 2 aliphatic rings. The van der Waals surface area contributed by atoms with Crippen molar-refractivity contribution in [3.05, 3.63) is 98.0 Å². The number of nitrogens with zero attached hydrogens (tertiary/aromatic N) is 1. The van der Waals surface area contributed by atoms with E-state index in [0.29, 0.717) is 35.3 Å². The van der Waals surface area contributed by atoms with E-state index in [1.54, 1.807) is 6.07 Å². The molecule has 45 heavy (non-hydrogen) atoms. The third-order valence-electron chi connectivity index (χ3n) is 7.17. The summed E-state index contributed by atoms with van der Waals surface area (Å²) in [6.07, 6.45) is -1.85. The fourth-order valence-corrected chi connectivity index (χ4v) is 5.46. The Labute approximate surface area is 273 Å². The van der Waals surface area contributed by atoms with Crippen LogP contribution in [-0.2, 0) is 22.3 Å². The van der Waals surface area contributed by atoms with Crippen molar-refractivity contribution in [1.29, 1.82) is 0 Å². The van der Waals surface area contributed by atoms with E-state index in [0.717, 1.165) is 53.8 Å². The normalized spacial score (nSPS) is 14.7. The van der Waals surface area contributed by atoms with Crippen molar-refractivity contribution in [2.24, 2.45) is 0 Å². The van der Waals surface area contributed by atoms with E-state index in [9.17, 15) is 18.0 Å². The third kappa shape index (κ3) is 9.29. The zero-order chi connectivity index (χ0) is 32.6. The van der Waals surface area contributed by atoms with Crippen LogP contribution in [0.3, 0.4) is 0 Å². The van der Waals surface area contributed by atoms with Crippen LogP contribution < -0.4 is 14.8 Å². The molecule has 240 valence electrons. The Balaban J connectivity index is 0.00000148. The van der Waals surface area contributed by atoms with E-state index in [1.807, 2.05) is 41.3 Å². The van der Waals surface area contributed by atoms with Crippen LogP contribution in [0.4, 0.5) is 13.2 Å². The van der Waals surface area contributed by atoms with Crippen molar-refractivity contribution >= 4 is 52.8 Å². The first-order valence-electron chi connectivity index (χ1n) is 14.0. The first-order valence-corrected chi connectivity index (χ1v) is 15.1. The maximum Gasteiger partial charge on any atom is 0.416 e. The van der Waals surface area contributed by atoms with Gasteiger partial charge < -0.3 is 24.8 Å². The number of carboxylic acid groups (broad SMARTS) is 1. The summed E-state index contributed by atoms with van der Waals surface area (Å²) in [5, 5.41) is 11.0. The van der Waals surface area contributed by atoms with Gasteiger partial charge in [-0.2, -0.15) is 13.2 Å². The van der Waals surface area contributed by atoms with Gasteiger partial charge in [-0.1, -0.05) is 59.1 Å². The number of alkyl halides is 3. The van der Waals surface area contributed by atoms with Gasteiger partial charge in [-0.3, -0.25) is 9.59 Å². The highest BCUT2D eigenvalue weighted by atomic mass is 35.5. The minimum absolute atomic E-state index is 0.00450. The zero-order valence-corrected chi connectivity index (χ0v) is 26.1. The van der Waals surface area contributed by atoms with E-state index in [1.165, 1.54) is 6.07 Å². The minimum Gasteiger partial charge on any atom is -0.490 e. The number of nitrogens with one attached hydrogen (secondary N) is 1. The molecular formula is C32H30Cl3F3N2O5. The summed E-state index contributed by atoms with van der Waals surface area (Å²) in [6, 6.07) is 16.1. The summed E-state index contributed by atoms with van der Waals surface area (Å²) in [5.74, 6) is 0.741. The fourth-order valence-electron chi connectivity index (χ4n) is 4.85. The van der Waals surface area contributed by atoms with Crippen molar-refractivity contribution < 1.29 is 37.3 Å². The van der Waals surface area contributed by atoms with Crippen LogP contribution >= 0.6 is 34.8 Å². The predicted molar refractivity (Wildman–Crippen MR) is 167 cm³/mol. The van der Waals surface area contributed by atoms with Gasteiger partial charge in [-0.25, -0.2) is 0 Å². The quantitative estimate of drug-likeness (QED) is 0.168. The second-order valence-corrected chi connectivity index (χ2v) is 11.4. The molecular weight excluding hydrogens is 656 g/mol. The molecule has 1 saturated carbocycles.